The molecule has 0 aromatic heterocycles. The molecule has 1 saturated carbocycles. The van der Waals surface area contributed by atoms with Crippen LogP contribution in [-0.4, -0.2) is 6.04 Å². The molecule has 0 radical (unpaired) electrons. The summed E-state index contributed by atoms with van der Waals surface area (Å²) in [7, 11) is 0. The average molecular weight is 259 g/mol. The van der Waals surface area contributed by atoms with Crippen LogP contribution in [0.5, 0.6) is 0 Å². The number of nitrogens with one attached hydrogen (secondary N) is 1. The predicted molar refractivity (Wildman–Crippen MR) is 86.0 cm³/mol. The second-order valence-electron chi connectivity index (χ2n) is 6.25. The molecule has 0 unspecified atom stereocenters. The van der Waals surface area contributed by atoms with Crippen LogP contribution in [0.4, 0.5) is 0 Å². The quantitative estimate of drug-likeness (QED) is 0.635. The van der Waals surface area contributed by atoms with E-state index in [1.54, 1.807) is 0 Å². The van der Waals surface area contributed by atoms with E-state index in [1.165, 1.54) is 29.6 Å². The summed E-state index contributed by atoms with van der Waals surface area (Å²) in [6.45, 7) is 19.1. The third-order valence-electron chi connectivity index (χ3n) is 3.44. The van der Waals surface area contributed by atoms with E-state index in [4.69, 9.17) is 0 Å². The molecule has 1 aliphatic carbocycles. The first-order chi connectivity index (χ1) is 8.81. The van der Waals surface area contributed by atoms with Gasteiger partial charge in [0.15, 0.2) is 0 Å². The molecule has 1 aliphatic rings. The van der Waals surface area contributed by atoms with Crippen molar-refractivity contribution >= 4 is 0 Å². The van der Waals surface area contributed by atoms with Crippen molar-refractivity contribution in [1.82, 2.24) is 5.32 Å². The van der Waals surface area contributed by atoms with Gasteiger partial charge in [-0.25, -0.2) is 0 Å². The van der Waals surface area contributed by atoms with E-state index in [9.17, 15) is 0 Å². The van der Waals surface area contributed by atoms with Gasteiger partial charge in [0.2, 0.25) is 0 Å². The zero-order valence-corrected chi connectivity index (χ0v) is 13.2. The van der Waals surface area contributed by atoms with Crippen LogP contribution in [0.3, 0.4) is 0 Å². The SMILES string of the molecule is C=C(NC(C)C)/C(C)=C/C(=C\C(=C)C1CC1)C(C)C. The summed E-state index contributed by atoms with van der Waals surface area (Å²) in [6.07, 6.45) is 7.14. The maximum atomic E-state index is 4.20. The molecule has 0 aromatic carbocycles. The van der Waals surface area contributed by atoms with E-state index in [-0.39, 0.29) is 0 Å². The molecular weight excluding hydrogens is 230 g/mol. The van der Waals surface area contributed by atoms with Crippen LogP contribution in [0.25, 0.3) is 0 Å². The van der Waals surface area contributed by atoms with Crippen molar-refractivity contribution in [3.05, 3.63) is 47.7 Å². The Morgan fingerprint density at radius 3 is 2.11 bits per heavy atom. The Labute approximate surface area is 119 Å². The first-order valence-corrected chi connectivity index (χ1v) is 7.35. The summed E-state index contributed by atoms with van der Waals surface area (Å²) in [5.41, 5.74) is 4.85. The van der Waals surface area contributed by atoms with Gasteiger partial charge >= 0.3 is 0 Å². The number of hydrogen-bond acceptors (Lipinski definition) is 1. The van der Waals surface area contributed by atoms with Crippen LogP contribution in [0, 0.1) is 11.8 Å². The Morgan fingerprint density at radius 2 is 1.68 bits per heavy atom. The maximum absolute atomic E-state index is 4.20. The molecule has 1 heteroatoms. The summed E-state index contributed by atoms with van der Waals surface area (Å²) >= 11 is 0. The lowest BCUT2D eigenvalue weighted by Crippen LogP contribution is -2.21. The normalized spacial score (nSPS) is 17.0. The maximum Gasteiger partial charge on any atom is 0.0298 e. The van der Waals surface area contributed by atoms with E-state index in [0.717, 1.165) is 11.6 Å². The average Bonchev–Trinajstić information content (AvgIpc) is 3.10. The number of hydrogen-bond donors (Lipinski definition) is 1. The van der Waals surface area contributed by atoms with Gasteiger partial charge in [-0.2, -0.15) is 0 Å². The van der Waals surface area contributed by atoms with E-state index in [2.05, 4.69) is 65.2 Å². The number of allylic oxidation sites excluding steroid dienone is 5. The molecule has 0 spiro atoms. The fourth-order valence-corrected chi connectivity index (χ4v) is 1.96. The Morgan fingerprint density at radius 1 is 1.11 bits per heavy atom. The minimum absolute atomic E-state index is 0.420. The highest BCUT2D eigenvalue weighted by Gasteiger charge is 2.23. The van der Waals surface area contributed by atoms with Gasteiger partial charge in [-0.15, -0.1) is 0 Å². The van der Waals surface area contributed by atoms with Gasteiger partial charge in [-0.05, 0) is 56.6 Å². The summed E-state index contributed by atoms with van der Waals surface area (Å²) in [5.74, 6) is 1.25. The molecule has 0 bridgehead atoms. The van der Waals surface area contributed by atoms with Crippen LogP contribution >= 0.6 is 0 Å². The lowest BCUT2D eigenvalue weighted by Gasteiger charge is -2.15. The van der Waals surface area contributed by atoms with Crippen molar-refractivity contribution in [2.75, 3.05) is 0 Å². The molecule has 0 aliphatic heterocycles. The molecule has 1 rings (SSSR count). The molecule has 0 atom stereocenters. The van der Waals surface area contributed by atoms with Crippen LogP contribution < -0.4 is 5.32 Å². The Balaban J connectivity index is 2.81. The summed E-state index contributed by atoms with van der Waals surface area (Å²) in [4.78, 5) is 0. The van der Waals surface area contributed by atoms with Gasteiger partial charge in [-0.1, -0.05) is 44.7 Å². The van der Waals surface area contributed by atoms with Crippen molar-refractivity contribution in [2.45, 2.75) is 53.5 Å². The third-order valence-corrected chi connectivity index (χ3v) is 3.44. The molecule has 0 saturated heterocycles. The summed E-state index contributed by atoms with van der Waals surface area (Å²) < 4.78 is 0. The van der Waals surface area contributed by atoms with E-state index < -0.39 is 0 Å². The van der Waals surface area contributed by atoms with E-state index >= 15 is 0 Å². The minimum Gasteiger partial charge on any atom is -0.383 e. The van der Waals surface area contributed by atoms with Crippen molar-refractivity contribution in [3.8, 4) is 0 Å². The van der Waals surface area contributed by atoms with Gasteiger partial charge < -0.3 is 5.32 Å². The predicted octanol–water partition coefficient (Wildman–Crippen LogP) is 4.99. The van der Waals surface area contributed by atoms with Gasteiger partial charge in [0.05, 0.1) is 0 Å². The van der Waals surface area contributed by atoms with Crippen molar-refractivity contribution in [1.29, 1.82) is 0 Å². The number of rotatable bonds is 7. The Kier molecular flexibility index (Phi) is 5.65. The Hall–Kier alpha value is -1.24. The summed E-state index contributed by atoms with van der Waals surface area (Å²) in [6, 6.07) is 0.420. The molecule has 0 aromatic rings. The zero-order chi connectivity index (χ0) is 14.6. The zero-order valence-electron chi connectivity index (χ0n) is 13.2. The smallest absolute Gasteiger partial charge is 0.0298 e. The molecule has 106 valence electrons. The molecule has 1 fully saturated rings. The highest BCUT2D eigenvalue weighted by atomic mass is 14.9. The van der Waals surface area contributed by atoms with Gasteiger partial charge in [-0.3, -0.25) is 0 Å². The molecular formula is C18H29N. The fraction of sp³-hybridized carbons (Fsp3) is 0.556. The third kappa shape index (κ3) is 5.50. The van der Waals surface area contributed by atoms with Crippen LogP contribution in [-0.2, 0) is 0 Å². The van der Waals surface area contributed by atoms with E-state index in [1.807, 2.05) is 0 Å². The van der Waals surface area contributed by atoms with Gasteiger partial charge in [0, 0.05) is 11.7 Å². The molecule has 0 heterocycles. The fourth-order valence-electron chi connectivity index (χ4n) is 1.96. The van der Waals surface area contributed by atoms with Gasteiger partial charge in [0.25, 0.3) is 0 Å². The molecule has 19 heavy (non-hydrogen) atoms. The lowest BCUT2D eigenvalue weighted by atomic mass is 9.96. The standard InChI is InChI=1S/C18H29N/c1-12(2)18(11-15(6)17-8-9-17)10-14(5)16(7)19-13(3)4/h10-13,17,19H,6-9H2,1-5H3/b14-10+,18-11+. The van der Waals surface area contributed by atoms with Crippen LogP contribution in [0.2, 0.25) is 0 Å². The first-order valence-electron chi connectivity index (χ1n) is 7.35. The van der Waals surface area contributed by atoms with Crippen molar-refractivity contribution < 1.29 is 0 Å². The minimum atomic E-state index is 0.420. The highest BCUT2D eigenvalue weighted by molar-refractivity contribution is 5.38. The largest absolute Gasteiger partial charge is 0.383 e. The monoisotopic (exact) mass is 259 g/mol. The topological polar surface area (TPSA) is 12.0 Å². The van der Waals surface area contributed by atoms with E-state index in [0.29, 0.717) is 12.0 Å². The second kappa shape index (κ2) is 6.79. The molecule has 0 amide bonds. The Bertz CT molecular complexity index is 403. The van der Waals surface area contributed by atoms with Gasteiger partial charge in [0.1, 0.15) is 0 Å². The lowest BCUT2D eigenvalue weighted by molar-refractivity contribution is 0.675. The van der Waals surface area contributed by atoms with Crippen LogP contribution in [0.15, 0.2) is 47.7 Å². The molecule has 1 nitrogen and oxygen atoms in total. The molecule has 1 N–H and O–H groups in total. The summed E-state index contributed by atoms with van der Waals surface area (Å²) in [5, 5.41) is 3.36. The first kappa shape index (κ1) is 15.8. The van der Waals surface area contributed by atoms with Crippen LogP contribution in [0.1, 0.15) is 47.5 Å². The van der Waals surface area contributed by atoms with Crippen molar-refractivity contribution in [3.63, 3.8) is 0 Å². The van der Waals surface area contributed by atoms with Crippen molar-refractivity contribution in [2.24, 2.45) is 11.8 Å². The highest BCUT2D eigenvalue weighted by Crippen LogP contribution is 2.37. The second-order valence-corrected chi connectivity index (χ2v) is 6.25.